The lowest BCUT2D eigenvalue weighted by atomic mass is 10.1. The molecule has 0 bridgehead atoms. The molecule has 3 nitrogen and oxygen atoms in total. The van der Waals surface area contributed by atoms with Crippen LogP contribution >= 0.6 is 0 Å². The van der Waals surface area contributed by atoms with Crippen molar-refractivity contribution in [3.63, 3.8) is 0 Å². The van der Waals surface area contributed by atoms with Crippen LogP contribution in [0.15, 0.2) is 29.3 Å². The summed E-state index contributed by atoms with van der Waals surface area (Å²) >= 11 is 0. The molecule has 2 rings (SSSR count). The van der Waals surface area contributed by atoms with E-state index in [9.17, 15) is 0 Å². The van der Waals surface area contributed by atoms with Gasteiger partial charge in [0.05, 0.1) is 0 Å². The number of hydrogen-bond acceptors (Lipinski definition) is 1. The lowest BCUT2D eigenvalue weighted by Crippen LogP contribution is -2.41. The first-order chi connectivity index (χ1) is 8.78. The second-order valence-electron chi connectivity index (χ2n) is 5.04. The van der Waals surface area contributed by atoms with Gasteiger partial charge >= 0.3 is 0 Å². The molecule has 0 aliphatic heterocycles. The molecule has 1 aromatic carbocycles. The first-order valence-electron chi connectivity index (χ1n) is 6.80. The summed E-state index contributed by atoms with van der Waals surface area (Å²) in [5.74, 6) is 0.920. The molecule has 1 fully saturated rings. The van der Waals surface area contributed by atoms with Crippen LogP contribution in [0.3, 0.4) is 0 Å². The third kappa shape index (κ3) is 3.76. The van der Waals surface area contributed by atoms with Crippen LogP contribution in [0.25, 0.3) is 0 Å². The number of nitrogens with zero attached hydrogens (tertiary/aromatic N) is 1. The molecule has 0 radical (unpaired) electrons. The molecule has 0 spiro atoms. The van der Waals surface area contributed by atoms with E-state index in [-0.39, 0.29) is 0 Å². The predicted molar refractivity (Wildman–Crippen MR) is 76.8 cm³/mol. The van der Waals surface area contributed by atoms with Crippen LogP contribution in [-0.2, 0) is 6.54 Å². The summed E-state index contributed by atoms with van der Waals surface area (Å²) in [7, 11) is 1.83. The highest BCUT2D eigenvalue weighted by Gasteiger charge is 2.15. The summed E-state index contributed by atoms with van der Waals surface area (Å²) in [6.45, 7) is 2.95. The van der Waals surface area contributed by atoms with Gasteiger partial charge in [0, 0.05) is 19.6 Å². The van der Waals surface area contributed by atoms with Crippen molar-refractivity contribution in [2.45, 2.75) is 45.2 Å². The van der Waals surface area contributed by atoms with Crippen LogP contribution < -0.4 is 10.6 Å². The van der Waals surface area contributed by atoms with Crippen LogP contribution in [0, 0.1) is 6.92 Å². The normalized spacial score (nSPS) is 16.9. The highest BCUT2D eigenvalue weighted by molar-refractivity contribution is 5.79. The maximum absolute atomic E-state index is 4.28. The second kappa shape index (κ2) is 6.43. The van der Waals surface area contributed by atoms with Crippen LogP contribution in [0.4, 0.5) is 0 Å². The maximum Gasteiger partial charge on any atom is 0.191 e. The molecule has 1 saturated carbocycles. The number of nitrogens with one attached hydrogen (secondary N) is 2. The smallest absolute Gasteiger partial charge is 0.191 e. The fourth-order valence-electron chi connectivity index (χ4n) is 2.47. The van der Waals surface area contributed by atoms with Gasteiger partial charge < -0.3 is 10.6 Å². The van der Waals surface area contributed by atoms with E-state index in [1.165, 1.54) is 36.8 Å². The van der Waals surface area contributed by atoms with E-state index in [1.54, 1.807) is 0 Å². The Morgan fingerprint density at radius 3 is 2.78 bits per heavy atom. The van der Waals surface area contributed by atoms with Crippen molar-refractivity contribution in [2.75, 3.05) is 7.05 Å². The zero-order valence-electron chi connectivity index (χ0n) is 11.4. The fraction of sp³-hybridized carbons (Fsp3) is 0.533. The molecule has 1 aliphatic rings. The Bertz CT molecular complexity index is 406. The molecule has 98 valence electrons. The topological polar surface area (TPSA) is 36.4 Å². The molecule has 18 heavy (non-hydrogen) atoms. The zero-order chi connectivity index (χ0) is 12.8. The predicted octanol–water partition coefficient (Wildman–Crippen LogP) is 2.60. The molecule has 3 heteroatoms. The van der Waals surface area contributed by atoms with Gasteiger partial charge in [-0.15, -0.1) is 0 Å². The number of hydrogen-bond donors (Lipinski definition) is 2. The number of aryl methyl sites for hydroxylation is 1. The highest BCUT2D eigenvalue weighted by atomic mass is 15.2. The van der Waals surface area contributed by atoms with Gasteiger partial charge in [0.1, 0.15) is 0 Å². The maximum atomic E-state index is 4.28. The second-order valence-corrected chi connectivity index (χ2v) is 5.04. The first kappa shape index (κ1) is 12.9. The lowest BCUT2D eigenvalue weighted by Gasteiger charge is -2.16. The van der Waals surface area contributed by atoms with Gasteiger partial charge in [0.15, 0.2) is 5.96 Å². The van der Waals surface area contributed by atoms with Gasteiger partial charge in [-0.05, 0) is 25.3 Å². The van der Waals surface area contributed by atoms with E-state index in [2.05, 4.69) is 46.8 Å². The monoisotopic (exact) mass is 245 g/mol. The Labute approximate surface area is 110 Å². The molecular formula is C15H23N3. The van der Waals surface area contributed by atoms with Gasteiger partial charge in [0.25, 0.3) is 0 Å². The summed E-state index contributed by atoms with van der Waals surface area (Å²) in [5, 5.41) is 6.87. The van der Waals surface area contributed by atoms with E-state index in [1.807, 2.05) is 7.05 Å². The molecule has 0 amide bonds. The summed E-state index contributed by atoms with van der Waals surface area (Å²) in [5.41, 5.74) is 2.59. The lowest BCUT2D eigenvalue weighted by molar-refractivity contribution is 0.613. The van der Waals surface area contributed by atoms with Crippen LogP contribution in [-0.4, -0.2) is 19.0 Å². The number of benzene rings is 1. The van der Waals surface area contributed by atoms with Gasteiger partial charge in [-0.3, -0.25) is 4.99 Å². The van der Waals surface area contributed by atoms with Crippen molar-refractivity contribution in [1.29, 1.82) is 0 Å². The largest absolute Gasteiger partial charge is 0.354 e. The molecule has 0 atom stereocenters. The average molecular weight is 245 g/mol. The van der Waals surface area contributed by atoms with Crippen molar-refractivity contribution in [2.24, 2.45) is 4.99 Å². The summed E-state index contributed by atoms with van der Waals surface area (Å²) in [6.07, 6.45) is 5.22. The number of rotatable bonds is 3. The minimum Gasteiger partial charge on any atom is -0.354 e. The van der Waals surface area contributed by atoms with E-state index >= 15 is 0 Å². The standard InChI is InChI=1S/C15H23N3/c1-12-6-5-7-13(10-12)11-17-15(16-2)18-14-8-3-4-9-14/h5-7,10,14H,3-4,8-9,11H2,1-2H3,(H2,16,17,18). The van der Waals surface area contributed by atoms with E-state index in [0.29, 0.717) is 6.04 Å². The highest BCUT2D eigenvalue weighted by Crippen LogP contribution is 2.17. The average Bonchev–Trinajstić information content (AvgIpc) is 2.87. The molecule has 0 aromatic heterocycles. The Balaban J connectivity index is 1.83. The molecule has 0 unspecified atom stereocenters. The molecular weight excluding hydrogens is 222 g/mol. The van der Waals surface area contributed by atoms with Gasteiger partial charge in [0.2, 0.25) is 0 Å². The van der Waals surface area contributed by atoms with Crippen LogP contribution in [0.5, 0.6) is 0 Å². The van der Waals surface area contributed by atoms with Crippen molar-refractivity contribution in [3.05, 3.63) is 35.4 Å². The van der Waals surface area contributed by atoms with Gasteiger partial charge in [-0.1, -0.05) is 42.7 Å². The first-order valence-corrected chi connectivity index (χ1v) is 6.80. The Morgan fingerprint density at radius 2 is 2.11 bits per heavy atom. The molecule has 1 aromatic rings. The SMILES string of the molecule is CN=C(NCc1cccc(C)c1)NC1CCCC1. The van der Waals surface area contributed by atoms with Crippen molar-refractivity contribution in [3.8, 4) is 0 Å². The van der Waals surface area contributed by atoms with Crippen molar-refractivity contribution >= 4 is 5.96 Å². The summed E-state index contributed by atoms with van der Waals surface area (Å²) in [6, 6.07) is 9.17. The Kier molecular flexibility index (Phi) is 4.62. The zero-order valence-corrected chi connectivity index (χ0v) is 11.4. The van der Waals surface area contributed by atoms with E-state index in [4.69, 9.17) is 0 Å². The van der Waals surface area contributed by atoms with Crippen molar-refractivity contribution in [1.82, 2.24) is 10.6 Å². The van der Waals surface area contributed by atoms with Crippen LogP contribution in [0.2, 0.25) is 0 Å². The molecule has 0 heterocycles. The van der Waals surface area contributed by atoms with E-state index < -0.39 is 0 Å². The minimum absolute atomic E-state index is 0.605. The van der Waals surface area contributed by atoms with Gasteiger partial charge in [-0.2, -0.15) is 0 Å². The van der Waals surface area contributed by atoms with Crippen LogP contribution in [0.1, 0.15) is 36.8 Å². The summed E-state index contributed by atoms with van der Waals surface area (Å²) < 4.78 is 0. The third-order valence-corrected chi connectivity index (χ3v) is 3.46. The Morgan fingerprint density at radius 1 is 1.33 bits per heavy atom. The molecule has 1 aliphatic carbocycles. The Hall–Kier alpha value is -1.51. The number of aliphatic imine (C=N–C) groups is 1. The van der Waals surface area contributed by atoms with Gasteiger partial charge in [-0.25, -0.2) is 0 Å². The number of guanidine groups is 1. The summed E-state index contributed by atoms with van der Waals surface area (Å²) in [4.78, 5) is 4.28. The van der Waals surface area contributed by atoms with E-state index in [0.717, 1.165) is 12.5 Å². The molecule has 2 N–H and O–H groups in total. The third-order valence-electron chi connectivity index (χ3n) is 3.46. The fourth-order valence-corrected chi connectivity index (χ4v) is 2.47. The minimum atomic E-state index is 0.605. The molecule has 0 saturated heterocycles. The van der Waals surface area contributed by atoms with Crippen molar-refractivity contribution < 1.29 is 0 Å². The quantitative estimate of drug-likeness (QED) is 0.634.